The summed E-state index contributed by atoms with van der Waals surface area (Å²) in [4.78, 5) is 16.5. The largest absolute Gasteiger partial charge is 0.324 e. The third-order valence-corrected chi connectivity index (χ3v) is 4.74. The minimum atomic E-state index is -0.212. The molecule has 0 saturated carbocycles. The Labute approximate surface area is 159 Å². The number of rotatable bonds is 5. The van der Waals surface area contributed by atoms with Crippen molar-refractivity contribution in [2.45, 2.75) is 12.1 Å². The summed E-state index contributed by atoms with van der Waals surface area (Å²) in [6.07, 6.45) is 0. The van der Waals surface area contributed by atoms with Crippen molar-refractivity contribution < 1.29 is 4.79 Å². The van der Waals surface area contributed by atoms with Crippen molar-refractivity contribution in [1.29, 1.82) is 0 Å². The maximum absolute atomic E-state index is 12.1. The molecular weight excluding hydrogens is 379 g/mol. The maximum atomic E-state index is 12.1. The van der Waals surface area contributed by atoms with E-state index in [9.17, 15) is 4.79 Å². The van der Waals surface area contributed by atoms with Crippen LogP contribution in [0, 0.1) is 6.92 Å². The van der Waals surface area contributed by atoms with Gasteiger partial charge in [0.05, 0.1) is 16.5 Å². The molecule has 0 aliphatic heterocycles. The zero-order valence-corrected chi connectivity index (χ0v) is 15.5. The lowest BCUT2D eigenvalue weighted by Gasteiger charge is -2.06. The number of anilines is 1. The first kappa shape index (κ1) is 17.8. The molecule has 1 amide bonds. The van der Waals surface area contributed by atoms with Gasteiger partial charge in [-0.05, 0) is 25.1 Å². The summed E-state index contributed by atoms with van der Waals surface area (Å²) in [5.41, 5.74) is 2.60. The number of amides is 1. The van der Waals surface area contributed by atoms with E-state index in [0.717, 1.165) is 5.56 Å². The predicted octanol–water partition coefficient (Wildman–Crippen LogP) is 4.82. The van der Waals surface area contributed by atoms with Crippen LogP contribution in [0.4, 0.5) is 5.69 Å². The Morgan fingerprint density at radius 2 is 1.96 bits per heavy atom. The number of aromatic amines is 1. The molecule has 25 heavy (non-hydrogen) atoms. The van der Waals surface area contributed by atoms with Gasteiger partial charge in [0.1, 0.15) is 0 Å². The van der Waals surface area contributed by atoms with Crippen molar-refractivity contribution in [3.8, 4) is 11.4 Å². The number of thioether (sulfide) groups is 1. The first-order valence-corrected chi connectivity index (χ1v) is 9.12. The van der Waals surface area contributed by atoms with Crippen molar-refractivity contribution in [1.82, 2.24) is 15.2 Å². The highest BCUT2D eigenvalue weighted by atomic mass is 35.5. The fourth-order valence-corrected chi connectivity index (χ4v) is 3.00. The lowest BCUT2D eigenvalue weighted by Crippen LogP contribution is -2.14. The molecule has 3 rings (SSSR count). The van der Waals surface area contributed by atoms with Gasteiger partial charge in [0.25, 0.3) is 0 Å². The van der Waals surface area contributed by atoms with E-state index in [1.165, 1.54) is 17.3 Å². The molecule has 0 spiro atoms. The molecule has 0 atom stereocenters. The summed E-state index contributed by atoms with van der Waals surface area (Å²) >= 11 is 13.2. The van der Waals surface area contributed by atoms with Crippen molar-refractivity contribution in [2.24, 2.45) is 0 Å². The molecule has 0 bridgehead atoms. The van der Waals surface area contributed by atoms with Crippen LogP contribution in [0.5, 0.6) is 0 Å². The van der Waals surface area contributed by atoms with E-state index in [4.69, 9.17) is 23.2 Å². The number of nitrogens with zero attached hydrogens (tertiary/aromatic N) is 2. The number of H-pyrrole nitrogens is 1. The van der Waals surface area contributed by atoms with Gasteiger partial charge < -0.3 is 5.32 Å². The van der Waals surface area contributed by atoms with Crippen LogP contribution >= 0.6 is 35.0 Å². The van der Waals surface area contributed by atoms with Gasteiger partial charge in [-0.2, -0.15) is 0 Å². The molecule has 0 unspecified atom stereocenters. The molecule has 0 fully saturated rings. The van der Waals surface area contributed by atoms with Crippen molar-refractivity contribution in [3.63, 3.8) is 0 Å². The lowest BCUT2D eigenvalue weighted by atomic mass is 10.1. The second kappa shape index (κ2) is 7.91. The highest BCUT2D eigenvalue weighted by Crippen LogP contribution is 2.26. The summed E-state index contributed by atoms with van der Waals surface area (Å²) in [5.74, 6) is 0.616. The van der Waals surface area contributed by atoms with Crippen LogP contribution in [0.3, 0.4) is 0 Å². The van der Waals surface area contributed by atoms with Crippen LogP contribution in [0.15, 0.2) is 47.6 Å². The molecule has 0 saturated heterocycles. The molecule has 128 valence electrons. The van der Waals surface area contributed by atoms with Gasteiger partial charge in [0.15, 0.2) is 5.82 Å². The van der Waals surface area contributed by atoms with E-state index in [-0.39, 0.29) is 11.7 Å². The van der Waals surface area contributed by atoms with Crippen LogP contribution in [0.25, 0.3) is 11.4 Å². The van der Waals surface area contributed by atoms with Crippen LogP contribution in [0.1, 0.15) is 5.56 Å². The second-order valence-corrected chi connectivity index (χ2v) is 7.08. The minimum absolute atomic E-state index is 0.161. The number of benzene rings is 2. The molecule has 2 N–H and O–H groups in total. The molecule has 1 heterocycles. The van der Waals surface area contributed by atoms with Gasteiger partial charge in [-0.1, -0.05) is 64.8 Å². The number of halogens is 2. The molecule has 0 aliphatic carbocycles. The Kier molecular flexibility index (Phi) is 5.63. The normalized spacial score (nSPS) is 10.7. The van der Waals surface area contributed by atoms with E-state index in [0.29, 0.717) is 26.7 Å². The van der Waals surface area contributed by atoms with Gasteiger partial charge in [-0.15, -0.1) is 5.10 Å². The van der Waals surface area contributed by atoms with Gasteiger partial charge in [-0.25, -0.2) is 4.98 Å². The molecule has 5 nitrogen and oxygen atoms in total. The topological polar surface area (TPSA) is 70.7 Å². The predicted molar refractivity (Wildman–Crippen MR) is 102 cm³/mol. The molecule has 8 heteroatoms. The monoisotopic (exact) mass is 392 g/mol. The minimum Gasteiger partial charge on any atom is -0.324 e. The molecule has 2 aromatic carbocycles. The fraction of sp³-hybridized carbons (Fsp3) is 0.118. The van der Waals surface area contributed by atoms with Gasteiger partial charge in [0, 0.05) is 10.6 Å². The Bertz CT molecular complexity index is 896. The highest BCUT2D eigenvalue weighted by molar-refractivity contribution is 7.99. The summed E-state index contributed by atoms with van der Waals surface area (Å²) in [6.45, 7) is 2.02. The van der Waals surface area contributed by atoms with Crippen molar-refractivity contribution >= 4 is 46.6 Å². The van der Waals surface area contributed by atoms with Crippen LogP contribution < -0.4 is 5.32 Å². The standard InChI is InChI=1S/C17H14Cl2N4OS/c1-10-2-4-11(5-3-10)16-21-17(23-22-16)25-9-15(24)20-14-8-12(18)6-7-13(14)19/h2-8H,9H2,1H3,(H,20,24)(H,21,22,23). The number of carbonyl (C=O) groups excluding carboxylic acids is 1. The summed E-state index contributed by atoms with van der Waals surface area (Å²) in [6, 6.07) is 12.9. The third kappa shape index (κ3) is 4.75. The van der Waals surface area contributed by atoms with Gasteiger partial charge >= 0.3 is 0 Å². The molecule has 0 aliphatic rings. The summed E-state index contributed by atoms with van der Waals surface area (Å²) in [7, 11) is 0. The van der Waals surface area contributed by atoms with Gasteiger partial charge in [-0.3, -0.25) is 9.89 Å². The summed E-state index contributed by atoms with van der Waals surface area (Å²) < 4.78 is 0. The molecule has 0 radical (unpaired) electrons. The average molecular weight is 393 g/mol. The van der Waals surface area contributed by atoms with Crippen molar-refractivity contribution in [2.75, 3.05) is 11.1 Å². The van der Waals surface area contributed by atoms with Gasteiger partial charge in [0.2, 0.25) is 11.1 Å². The van der Waals surface area contributed by atoms with Crippen LogP contribution in [-0.2, 0) is 4.79 Å². The fourth-order valence-electron chi connectivity index (χ4n) is 2.06. The number of aromatic nitrogens is 3. The van der Waals surface area contributed by atoms with E-state index >= 15 is 0 Å². The smallest absolute Gasteiger partial charge is 0.234 e. The van der Waals surface area contributed by atoms with Crippen LogP contribution in [-0.4, -0.2) is 26.8 Å². The van der Waals surface area contributed by atoms with E-state index in [2.05, 4.69) is 20.5 Å². The second-order valence-electron chi connectivity index (χ2n) is 5.29. The Morgan fingerprint density at radius 1 is 1.20 bits per heavy atom. The van der Waals surface area contributed by atoms with E-state index < -0.39 is 0 Å². The maximum Gasteiger partial charge on any atom is 0.234 e. The lowest BCUT2D eigenvalue weighted by molar-refractivity contribution is -0.113. The SMILES string of the molecule is Cc1ccc(-c2nc(SCC(=O)Nc3cc(Cl)ccc3Cl)n[nH]2)cc1. The Balaban J connectivity index is 1.59. The molecular formula is C17H14Cl2N4OS. The quantitative estimate of drug-likeness (QED) is 0.610. The number of carbonyl (C=O) groups is 1. The highest BCUT2D eigenvalue weighted by Gasteiger charge is 2.11. The molecule has 1 aromatic heterocycles. The van der Waals surface area contributed by atoms with Crippen molar-refractivity contribution in [3.05, 3.63) is 58.1 Å². The van der Waals surface area contributed by atoms with E-state index in [1.54, 1.807) is 18.2 Å². The Morgan fingerprint density at radius 3 is 2.72 bits per heavy atom. The van der Waals surface area contributed by atoms with Crippen LogP contribution in [0.2, 0.25) is 10.0 Å². The molecule has 3 aromatic rings. The number of aryl methyl sites for hydroxylation is 1. The summed E-state index contributed by atoms with van der Waals surface area (Å²) in [5, 5.41) is 11.2. The Hall–Kier alpha value is -2.02. The average Bonchev–Trinajstić information content (AvgIpc) is 3.06. The number of hydrogen-bond acceptors (Lipinski definition) is 4. The number of hydrogen-bond donors (Lipinski definition) is 2. The third-order valence-electron chi connectivity index (χ3n) is 3.32. The first-order chi connectivity index (χ1) is 12.0. The number of nitrogens with one attached hydrogen (secondary N) is 2. The zero-order chi connectivity index (χ0) is 17.8. The zero-order valence-electron chi connectivity index (χ0n) is 13.2. The van der Waals surface area contributed by atoms with E-state index in [1.807, 2.05) is 31.2 Å². The first-order valence-electron chi connectivity index (χ1n) is 7.38.